The number of amides is 1. The lowest BCUT2D eigenvalue weighted by Crippen LogP contribution is -2.25. The molecule has 2 rings (SSSR count). The Morgan fingerprint density at radius 1 is 1.37 bits per heavy atom. The van der Waals surface area contributed by atoms with E-state index in [9.17, 15) is 4.79 Å². The zero-order valence-corrected chi connectivity index (χ0v) is 11.8. The summed E-state index contributed by atoms with van der Waals surface area (Å²) >= 11 is 0. The Morgan fingerprint density at radius 2 is 2.16 bits per heavy atom. The van der Waals surface area contributed by atoms with Gasteiger partial charge in [-0.05, 0) is 36.8 Å². The molecule has 104 valence electrons. The third-order valence-electron chi connectivity index (χ3n) is 4.21. The van der Waals surface area contributed by atoms with Gasteiger partial charge in [-0.25, -0.2) is 0 Å². The maximum Gasteiger partial charge on any atom is 0.271 e. The zero-order chi connectivity index (χ0) is 13.8. The molecular weight excluding hydrogens is 240 g/mol. The van der Waals surface area contributed by atoms with Crippen LogP contribution in [0.15, 0.2) is 12.1 Å². The fraction of sp³-hybridized carbons (Fsp3) is 0.643. The Kier molecular flexibility index (Phi) is 4.35. The lowest BCUT2D eigenvalue weighted by atomic mass is 9.93. The molecule has 0 spiro atoms. The molecule has 2 N–H and O–H groups in total. The normalized spacial score (nSPS) is 26.2. The Balaban J connectivity index is 1.98. The van der Waals surface area contributed by atoms with Crippen LogP contribution in [0.2, 0.25) is 0 Å². The van der Waals surface area contributed by atoms with E-state index in [1.807, 2.05) is 6.07 Å². The quantitative estimate of drug-likeness (QED) is 0.871. The third kappa shape index (κ3) is 3.03. The van der Waals surface area contributed by atoms with Gasteiger partial charge < -0.3 is 10.6 Å². The van der Waals surface area contributed by atoms with Crippen LogP contribution >= 0.6 is 0 Å². The first-order valence-electron chi connectivity index (χ1n) is 6.98. The number of carbonyl (C=O) groups is 1. The summed E-state index contributed by atoms with van der Waals surface area (Å²) in [6.45, 7) is 4.55. The minimum absolute atomic E-state index is 0.209. The van der Waals surface area contributed by atoms with Crippen molar-refractivity contribution in [3.8, 4) is 0 Å². The van der Waals surface area contributed by atoms with E-state index in [1.165, 1.54) is 19.3 Å². The molecule has 1 saturated carbocycles. The van der Waals surface area contributed by atoms with E-state index in [1.54, 1.807) is 13.1 Å². The van der Waals surface area contributed by atoms with Crippen molar-refractivity contribution in [2.75, 3.05) is 12.4 Å². The van der Waals surface area contributed by atoms with Crippen molar-refractivity contribution in [1.82, 2.24) is 15.5 Å². The van der Waals surface area contributed by atoms with E-state index < -0.39 is 0 Å². The van der Waals surface area contributed by atoms with Crippen molar-refractivity contribution in [1.29, 1.82) is 0 Å². The highest BCUT2D eigenvalue weighted by Crippen LogP contribution is 2.35. The average Bonchev–Trinajstić information content (AvgIpc) is 2.79. The highest BCUT2D eigenvalue weighted by atomic mass is 16.1. The molecule has 1 aliphatic carbocycles. The van der Waals surface area contributed by atoms with Gasteiger partial charge in [-0.15, -0.1) is 10.2 Å². The number of nitrogens with zero attached hydrogens (tertiary/aromatic N) is 2. The number of rotatable bonds is 4. The highest BCUT2D eigenvalue weighted by molar-refractivity contribution is 5.91. The van der Waals surface area contributed by atoms with E-state index >= 15 is 0 Å². The summed E-state index contributed by atoms with van der Waals surface area (Å²) in [7, 11) is 1.58. The maximum atomic E-state index is 11.4. The van der Waals surface area contributed by atoms with Gasteiger partial charge in [-0.1, -0.05) is 20.3 Å². The molecule has 3 atom stereocenters. The van der Waals surface area contributed by atoms with Gasteiger partial charge in [0.15, 0.2) is 5.69 Å². The van der Waals surface area contributed by atoms with Gasteiger partial charge >= 0.3 is 0 Å². The van der Waals surface area contributed by atoms with Crippen LogP contribution in [-0.2, 0) is 0 Å². The third-order valence-corrected chi connectivity index (χ3v) is 4.21. The van der Waals surface area contributed by atoms with Crippen LogP contribution in [0.1, 0.15) is 43.6 Å². The van der Waals surface area contributed by atoms with Gasteiger partial charge in [0.1, 0.15) is 5.82 Å². The molecule has 0 radical (unpaired) electrons. The minimum atomic E-state index is -0.209. The number of carbonyl (C=O) groups excluding carboxylic acids is 1. The van der Waals surface area contributed by atoms with Crippen LogP contribution in [0, 0.1) is 11.8 Å². The predicted octanol–water partition coefficient (Wildman–Crippen LogP) is 2.07. The molecule has 0 aromatic carbocycles. The van der Waals surface area contributed by atoms with E-state index in [4.69, 9.17) is 0 Å². The van der Waals surface area contributed by atoms with Crippen LogP contribution in [-0.4, -0.2) is 29.2 Å². The first kappa shape index (κ1) is 13.8. The molecule has 1 aromatic heterocycles. The summed E-state index contributed by atoms with van der Waals surface area (Å²) in [6.07, 6.45) is 3.69. The molecule has 0 saturated heterocycles. The number of nitrogens with one attached hydrogen (secondary N) is 2. The van der Waals surface area contributed by atoms with Crippen LogP contribution in [0.4, 0.5) is 5.82 Å². The maximum absolute atomic E-state index is 11.4. The Bertz CT molecular complexity index is 432. The van der Waals surface area contributed by atoms with Crippen LogP contribution in [0.5, 0.6) is 0 Å². The number of hydrogen-bond acceptors (Lipinski definition) is 4. The predicted molar refractivity (Wildman–Crippen MR) is 75.0 cm³/mol. The van der Waals surface area contributed by atoms with Gasteiger partial charge in [0, 0.05) is 13.1 Å². The fourth-order valence-electron chi connectivity index (χ4n) is 2.88. The molecular formula is C14H22N4O. The van der Waals surface area contributed by atoms with Gasteiger partial charge in [0.05, 0.1) is 0 Å². The topological polar surface area (TPSA) is 66.9 Å². The second-order valence-corrected chi connectivity index (χ2v) is 5.24. The molecule has 5 heteroatoms. The second-order valence-electron chi connectivity index (χ2n) is 5.24. The molecule has 0 aliphatic heterocycles. The highest BCUT2D eigenvalue weighted by Gasteiger charge is 2.31. The molecule has 1 fully saturated rings. The summed E-state index contributed by atoms with van der Waals surface area (Å²) in [5, 5.41) is 14.0. The first-order valence-corrected chi connectivity index (χ1v) is 6.98. The largest absolute Gasteiger partial charge is 0.366 e. The fourth-order valence-corrected chi connectivity index (χ4v) is 2.88. The van der Waals surface area contributed by atoms with Crippen molar-refractivity contribution in [2.24, 2.45) is 11.8 Å². The van der Waals surface area contributed by atoms with Crippen molar-refractivity contribution in [3.05, 3.63) is 17.8 Å². The summed E-state index contributed by atoms with van der Waals surface area (Å²) < 4.78 is 0. The van der Waals surface area contributed by atoms with E-state index in [2.05, 4.69) is 34.7 Å². The van der Waals surface area contributed by atoms with E-state index in [0.717, 1.165) is 11.7 Å². The monoisotopic (exact) mass is 262 g/mol. The summed E-state index contributed by atoms with van der Waals surface area (Å²) in [4.78, 5) is 11.4. The van der Waals surface area contributed by atoms with Gasteiger partial charge in [0.2, 0.25) is 0 Å². The van der Waals surface area contributed by atoms with Crippen molar-refractivity contribution in [3.63, 3.8) is 0 Å². The molecule has 3 unspecified atom stereocenters. The Morgan fingerprint density at radius 3 is 2.68 bits per heavy atom. The molecule has 1 heterocycles. The van der Waals surface area contributed by atoms with Crippen LogP contribution in [0.25, 0.3) is 0 Å². The summed E-state index contributed by atoms with van der Waals surface area (Å²) in [6, 6.07) is 3.99. The lowest BCUT2D eigenvalue weighted by Gasteiger charge is -2.21. The molecule has 1 amide bonds. The van der Waals surface area contributed by atoms with Gasteiger partial charge in [-0.2, -0.15) is 0 Å². The van der Waals surface area contributed by atoms with Gasteiger partial charge in [0.25, 0.3) is 5.91 Å². The first-order chi connectivity index (χ1) is 9.15. The average molecular weight is 262 g/mol. The lowest BCUT2D eigenvalue weighted by molar-refractivity contribution is 0.0957. The minimum Gasteiger partial charge on any atom is -0.366 e. The Hall–Kier alpha value is -1.65. The summed E-state index contributed by atoms with van der Waals surface area (Å²) in [5.74, 6) is 2.00. The van der Waals surface area contributed by atoms with Gasteiger partial charge in [-0.3, -0.25) is 4.79 Å². The number of hydrogen-bond donors (Lipinski definition) is 2. The van der Waals surface area contributed by atoms with E-state index in [-0.39, 0.29) is 5.91 Å². The molecule has 1 aromatic rings. The second kappa shape index (κ2) is 5.99. The van der Waals surface area contributed by atoms with Crippen LogP contribution in [0.3, 0.4) is 0 Å². The molecule has 0 bridgehead atoms. The number of anilines is 1. The smallest absolute Gasteiger partial charge is 0.271 e. The zero-order valence-electron chi connectivity index (χ0n) is 11.8. The van der Waals surface area contributed by atoms with Crippen molar-refractivity contribution >= 4 is 11.7 Å². The Labute approximate surface area is 114 Å². The standard InChI is InChI=1S/C14H22N4O/c1-4-10-5-6-11(9(10)2)16-13-8-7-12(17-18-13)14(19)15-3/h7-11H,4-6H2,1-3H3,(H,15,19)(H,16,18). The van der Waals surface area contributed by atoms with Crippen molar-refractivity contribution < 1.29 is 4.79 Å². The molecule has 1 aliphatic rings. The van der Waals surface area contributed by atoms with E-state index in [0.29, 0.717) is 17.7 Å². The van der Waals surface area contributed by atoms with Crippen molar-refractivity contribution in [2.45, 2.75) is 39.2 Å². The SMILES string of the molecule is CCC1CCC(Nc2ccc(C(=O)NC)nn2)C1C. The molecule has 19 heavy (non-hydrogen) atoms. The van der Waals surface area contributed by atoms with Crippen LogP contribution < -0.4 is 10.6 Å². The summed E-state index contributed by atoms with van der Waals surface area (Å²) in [5.41, 5.74) is 0.346. The molecule has 5 nitrogen and oxygen atoms in total. The number of aromatic nitrogens is 2.